The second-order valence-electron chi connectivity index (χ2n) is 7.43. The Hall–Kier alpha value is -3.50. The summed E-state index contributed by atoms with van der Waals surface area (Å²) in [5.41, 5.74) is 3.08. The molecule has 0 radical (unpaired) electrons. The number of rotatable bonds is 8. The first-order valence-corrected chi connectivity index (χ1v) is 10.1. The number of para-hydroxylation sites is 2. The lowest BCUT2D eigenvalue weighted by molar-refractivity contribution is -0.116. The van der Waals surface area contributed by atoms with Crippen molar-refractivity contribution in [1.82, 2.24) is 4.90 Å². The van der Waals surface area contributed by atoms with Crippen molar-refractivity contribution in [2.75, 3.05) is 51.2 Å². The molecule has 2 aromatic carbocycles. The first-order chi connectivity index (χ1) is 14.9. The monoisotopic (exact) mass is 420 g/mol. The number of ether oxygens (including phenoxy) is 2. The van der Waals surface area contributed by atoms with Gasteiger partial charge in [-0.15, -0.1) is 0 Å². The minimum absolute atomic E-state index is 0.125. The SMILES string of the molecule is CCOc1ccc(CN(C)CC(=O)C(C#N)=C2N(C)c3ccccc3N2C)cc1OC. The molecule has 3 rings (SSSR count). The number of methoxy groups -OCH3 is 1. The largest absolute Gasteiger partial charge is 0.493 e. The third-order valence-corrected chi connectivity index (χ3v) is 5.25. The molecule has 0 aromatic heterocycles. The Morgan fingerprint density at radius 2 is 1.74 bits per heavy atom. The van der Waals surface area contributed by atoms with Crippen LogP contribution in [0.4, 0.5) is 11.4 Å². The zero-order valence-electron chi connectivity index (χ0n) is 18.7. The van der Waals surface area contributed by atoms with Gasteiger partial charge in [0.05, 0.1) is 31.6 Å². The highest BCUT2D eigenvalue weighted by Gasteiger charge is 2.31. The van der Waals surface area contributed by atoms with Gasteiger partial charge in [0, 0.05) is 20.6 Å². The fourth-order valence-corrected chi connectivity index (χ4v) is 3.83. The molecule has 0 saturated carbocycles. The van der Waals surface area contributed by atoms with Gasteiger partial charge in [0.25, 0.3) is 0 Å². The Balaban J connectivity index is 1.76. The lowest BCUT2D eigenvalue weighted by atomic mass is 10.1. The van der Waals surface area contributed by atoms with Crippen LogP contribution in [0.3, 0.4) is 0 Å². The van der Waals surface area contributed by atoms with Crippen LogP contribution in [0.25, 0.3) is 0 Å². The highest BCUT2D eigenvalue weighted by Crippen LogP contribution is 2.40. The summed E-state index contributed by atoms with van der Waals surface area (Å²) in [6, 6.07) is 15.7. The summed E-state index contributed by atoms with van der Waals surface area (Å²) in [5, 5.41) is 9.79. The van der Waals surface area contributed by atoms with Gasteiger partial charge in [0.2, 0.25) is 0 Å². The van der Waals surface area contributed by atoms with E-state index in [1.807, 2.05) is 85.2 Å². The van der Waals surface area contributed by atoms with E-state index in [-0.39, 0.29) is 17.9 Å². The van der Waals surface area contributed by atoms with Gasteiger partial charge >= 0.3 is 0 Å². The van der Waals surface area contributed by atoms with Gasteiger partial charge in [-0.2, -0.15) is 5.26 Å². The van der Waals surface area contributed by atoms with Crippen LogP contribution in [0.15, 0.2) is 53.9 Å². The minimum Gasteiger partial charge on any atom is -0.493 e. The van der Waals surface area contributed by atoms with Crippen LogP contribution in [0.1, 0.15) is 12.5 Å². The Kier molecular flexibility index (Phi) is 6.83. The maximum Gasteiger partial charge on any atom is 0.191 e. The Labute approximate surface area is 183 Å². The zero-order valence-corrected chi connectivity index (χ0v) is 18.7. The number of ketones is 1. The van der Waals surface area contributed by atoms with Crippen molar-refractivity contribution in [2.24, 2.45) is 0 Å². The summed E-state index contributed by atoms with van der Waals surface area (Å²) in [4.78, 5) is 18.7. The first-order valence-electron chi connectivity index (χ1n) is 10.1. The number of hydrogen-bond acceptors (Lipinski definition) is 7. The molecular formula is C24H28N4O3. The average Bonchev–Trinajstić information content (AvgIpc) is 3.01. The molecule has 0 spiro atoms. The highest BCUT2D eigenvalue weighted by atomic mass is 16.5. The molecule has 0 saturated heterocycles. The van der Waals surface area contributed by atoms with Crippen LogP contribution in [0.2, 0.25) is 0 Å². The van der Waals surface area contributed by atoms with E-state index in [1.54, 1.807) is 7.11 Å². The van der Waals surface area contributed by atoms with Crippen molar-refractivity contribution in [3.63, 3.8) is 0 Å². The molecule has 0 N–H and O–H groups in total. The molecule has 0 aliphatic carbocycles. The molecule has 0 fully saturated rings. The number of nitriles is 1. The van der Waals surface area contributed by atoms with Crippen LogP contribution in [0.5, 0.6) is 11.5 Å². The fraction of sp³-hybridized carbons (Fsp3) is 0.333. The molecule has 1 aliphatic heterocycles. The van der Waals surface area contributed by atoms with Crippen molar-refractivity contribution < 1.29 is 14.3 Å². The maximum atomic E-state index is 13.0. The lowest BCUT2D eigenvalue weighted by Gasteiger charge is -2.21. The molecule has 162 valence electrons. The van der Waals surface area contributed by atoms with Gasteiger partial charge in [-0.3, -0.25) is 9.69 Å². The fourth-order valence-electron chi connectivity index (χ4n) is 3.83. The number of carbonyl (C=O) groups excluding carboxylic acids is 1. The molecule has 2 aromatic rings. The molecule has 7 nitrogen and oxygen atoms in total. The van der Waals surface area contributed by atoms with Crippen LogP contribution in [0, 0.1) is 11.3 Å². The number of Topliss-reactive ketones (excluding diaryl/α,β-unsaturated/α-hetero) is 1. The standard InChI is InChI=1S/C24H28N4O3/c1-6-31-22-12-11-17(13-23(22)30-5)15-26(2)16-21(29)18(14-25)24-27(3)19-9-7-8-10-20(19)28(24)4/h7-13H,6,15-16H2,1-5H3. The van der Waals surface area contributed by atoms with Crippen LogP contribution >= 0.6 is 0 Å². The van der Waals surface area contributed by atoms with Gasteiger partial charge in [0.1, 0.15) is 17.5 Å². The molecule has 7 heteroatoms. The molecular weight excluding hydrogens is 392 g/mol. The van der Waals surface area contributed by atoms with E-state index in [0.717, 1.165) is 16.9 Å². The number of likely N-dealkylation sites (N-methyl/N-ethyl adjacent to an activating group) is 1. The smallest absolute Gasteiger partial charge is 0.191 e. The predicted molar refractivity (Wildman–Crippen MR) is 121 cm³/mol. The maximum absolute atomic E-state index is 13.0. The van der Waals surface area contributed by atoms with Crippen molar-refractivity contribution in [3.8, 4) is 17.6 Å². The van der Waals surface area contributed by atoms with Crippen molar-refractivity contribution in [2.45, 2.75) is 13.5 Å². The number of carbonyl (C=O) groups is 1. The summed E-state index contributed by atoms with van der Waals surface area (Å²) < 4.78 is 11.0. The lowest BCUT2D eigenvalue weighted by Crippen LogP contribution is -2.31. The zero-order chi connectivity index (χ0) is 22.5. The Morgan fingerprint density at radius 3 is 2.29 bits per heavy atom. The topological polar surface area (TPSA) is 69.0 Å². The average molecular weight is 421 g/mol. The quantitative estimate of drug-likeness (QED) is 0.479. The van der Waals surface area contributed by atoms with E-state index in [2.05, 4.69) is 6.07 Å². The number of nitrogens with zero attached hydrogens (tertiary/aromatic N) is 4. The normalized spacial score (nSPS) is 12.6. The van der Waals surface area contributed by atoms with Gasteiger partial charge in [-0.05, 0) is 43.8 Å². The third-order valence-electron chi connectivity index (χ3n) is 5.25. The summed E-state index contributed by atoms with van der Waals surface area (Å²) in [6.07, 6.45) is 0. The van der Waals surface area contributed by atoms with E-state index < -0.39 is 0 Å². The van der Waals surface area contributed by atoms with E-state index in [9.17, 15) is 10.1 Å². The Morgan fingerprint density at radius 1 is 1.10 bits per heavy atom. The molecule has 0 amide bonds. The van der Waals surface area contributed by atoms with E-state index in [4.69, 9.17) is 9.47 Å². The molecule has 0 atom stereocenters. The van der Waals surface area contributed by atoms with Gasteiger partial charge in [-0.1, -0.05) is 18.2 Å². The molecule has 1 aliphatic rings. The van der Waals surface area contributed by atoms with Gasteiger partial charge in [0.15, 0.2) is 17.3 Å². The first kappa shape index (κ1) is 22.2. The van der Waals surface area contributed by atoms with Crippen LogP contribution in [-0.2, 0) is 11.3 Å². The number of hydrogen-bond donors (Lipinski definition) is 0. The Bertz CT molecular complexity index is 1010. The van der Waals surface area contributed by atoms with E-state index in [1.165, 1.54) is 0 Å². The summed E-state index contributed by atoms with van der Waals surface area (Å²) >= 11 is 0. The van der Waals surface area contributed by atoms with Gasteiger partial charge in [-0.25, -0.2) is 0 Å². The molecule has 1 heterocycles. The summed E-state index contributed by atoms with van der Waals surface area (Å²) in [7, 11) is 7.21. The van der Waals surface area contributed by atoms with E-state index in [0.29, 0.717) is 30.5 Å². The number of benzene rings is 2. The summed E-state index contributed by atoms with van der Waals surface area (Å²) in [6.45, 7) is 3.14. The number of fused-ring (bicyclic) bond motifs is 1. The van der Waals surface area contributed by atoms with Gasteiger partial charge < -0.3 is 19.3 Å². The van der Waals surface area contributed by atoms with Crippen molar-refractivity contribution >= 4 is 17.2 Å². The van der Waals surface area contributed by atoms with E-state index >= 15 is 0 Å². The van der Waals surface area contributed by atoms with Crippen molar-refractivity contribution in [1.29, 1.82) is 5.26 Å². The van der Waals surface area contributed by atoms with Crippen molar-refractivity contribution in [3.05, 3.63) is 59.4 Å². The predicted octanol–water partition coefficient (Wildman–Crippen LogP) is 3.42. The molecule has 31 heavy (non-hydrogen) atoms. The second-order valence-corrected chi connectivity index (χ2v) is 7.43. The van der Waals surface area contributed by atoms with Crippen LogP contribution < -0.4 is 19.3 Å². The van der Waals surface area contributed by atoms with Crippen LogP contribution in [-0.4, -0.2) is 52.1 Å². The second kappa shape index (κ2) is 9.54. The minimum atomic E-state index is -0.218. The molecule has 0 unspecified atom stereocenters. The summed E-state index contributed by atoms with van der Waals surface area (Å²) in [5.74, 6) is 1.73. The highest BCUT2D eigenvalue weighted by molar-refractivity contribution is 6.03. The third kappa shape index (κ3) is 4.49. The molecule has 0 bridgehead atoms. The number of anilines is 2.